The average molecular weight is 336 g/mol. The minimum Gasteiger partial charge on any atom is -0.507 e. The molecule has 1 aromatic carbocycles. The number of hydrogen-bond acceptors (Lipinski definition) is 2. The third kappa shape index (κ3) is 1.78. The van der Waals surface area contributed by atoms with E-state index in [1.54, 1.807) is 19.2 Å². The minimum absolute atomic E-state index is 0.105. The lowest BCUT2D eigenvalue weighted by Crippen LogP contribution is -2.27. The first kappa shape index (κ1) is 11.3. The molecule has 0 unspecified atom stereocenters. The van der Waals surface area contributed by atoms with Crippen molar-refractivity contribution >= 4 is 31.9 Å². The summed E-state index contributed by atoms with van der Waals surface area (Å²) in [5.74, 6) is 1.03. The fraction of sp³-hybridized carbons (Fsp3) is 0.455. The van der Waals surface area contributed by atoms with Gasteiger partial charge in [-0.3, -0.25) is 0 Å². The molecule has 0 atom stereocenters. The van der Waals surface area contributed by atoms with Crippen molar-refractivity contribution in [3.05, 3.63) is 22.2 Å². The van der Waals surface area contributed by atoms with Crippen molar-refractivity contribution in [2.75, 3.05) is 7.11 Å². The summed E-state index contributed by atoms with van der Waals surface area (Å²) >= 11 is 7.12. The Hall–Kier alpha value is -0.220. The smallest absolute Gasteiger partial charge is 0.141 e. The van der Waals surface area contributed by atoms with Gasteiger partial charge >= 0.3 is 0 Å². The summed E-state index contributed by atoms with van der Waals surface area (Å²) in [6.07, 6.45) is 3.25. The Morgan fingerprint density at radius 1 is 1.40 bits per heavy atom. The highest BCUT2D eigenvalue weighted by Gasteiger charge is 2.40. The molecule has 1 saturated carbocycles. The summed E-state index contributed by atoms with van der Waals surface area (Å²) < 4.78 is 6.12. The maximum absolute atomic E-state index is 9.92. The van der Waals surface area contributed by atoms with E-state index in [0.29, 0.717) is 5.75 Å². The predicted molar refractivity (Wildman–Crippen MR) is 66.8 cm³/mol. The molecule has 82 valence electrons. The SMILES string of the molecule is COc1c(Br)ccc(O)c1C1(Br)CCC1. The van der Waals surface area contributed by atoms with Crippen LogP contribution >= 0.6 is 31.9 Å². The molecule has 0 heterocycles. The van der Waals surface area contributed by atoms with Gasteiger partial charge in [0.25, 0.3) is 0 Å². The van der Waals surface area contributed by atoms with E-state index in [9.17, 15) is 5.11 Å². The number of halogens is 2. The minimum atomic E-state index is -0.105. The summed E-state index contributed by atoms with van der Waals surface area (Å²) in [5, 5.41) is 9.92. The molecule has 1 aliphatic rings. The first-order chi connectivity index (χ1) is 7.08. The van der Waals surface area contributed by atoms with Crippen LogP contribution in [0.4, 0.5) is 0 Å². The Balaban J connectivity index is 2.57. The van der Waals surface area contributed by atoms with Crippen LogP contribution in [-0.4, -0.2) is 12.2 Å². The predicted octanol–water partition coefficient (Wildman–Crippen LogP) is 3.94. The summed E-state index contributed by atoms with van der Waals surface area (Å²) in [5.41, 5.74) is 0.866. The summed E-state index contributed by atoms with van der Waals surface area (Å²) in [6, 6.07) is 3.50. The third-order valence-corrected chi connectivity index (χ3v) is 4.70. The Morgan fingerprint density at radius 3 is 2.53 bits per heavy atom. The lowest BCUT2D eigenvalue weighted by Gasteiger charge is -2.38. The van der Waals surface area contributed by atoms with Gasteiger partial charge < -0.3 is 9.84 Å². The number of alkyl halides is 1. The topological polar surface area (TPSA) is 29.5 Å². The molecule has 1 aliphatic carbocycles. The van der Waals surface area contributed by atoms with E-state index < -0.39 is 0 Å². The highest BCUT2D eigenvalue weighted by molar-refractivity contribution is 9.10. The number of benzene rings is 1. The normalized spacial score (nSPS) is 18.3. The van der Waals surface area contributed by atoms with E-state index in [-0.39, 0.29) is 4.32 Å². The molecule has 0 amide bonds. The van der Waals surface area contributed by atoms with Crippen molar-refractivity contribution < 1.29 is 9.84 Å². The third-order valence-electron chi connectivity index (χ3n) is 2.89. The lowest BCUT2D eigenvalue weighted by atomic mass is 9.79. The number of aromatic hydroxyl groups is 1. The number of phenolic OH excluding ortho intramolecular Hbond substituents is 1. The largest absolute Gasteiger partial charge is 0.507 e. The van der Waals surface area contributed by atoms with Crippen LogP contribution in [0.25, 0.3) is 0 Å². The molecule has 0 saturated heterocycles. The molecular formula is C11H12Br2O2. The molecule has 4 heteroatoms. The Morgan fingerprint density at radius 2 is 2.07 bits per heavy atom. The molecule has 0 aromatic heterocycles. The van der Waals surface area contributed by atoms with Crippen molar-refractivity contribution in [3.8, 4) is 11.5 Å². The number of rotatable bonds is 2. The molecule has 1 aromatic rings. The molecule has 0 aliphatic heterocycles. The van der Waals surface area contributed by atoms with Crippen molar-refractivity contribution in [3.63, 3.8) is 0 Å². The maximum atomic E-state index is 9.92. The monoisotopic (exact) mass is 334 g/mol. The van der Waals surface area contributed by atoms with Crippen LogP contribution in [0.5, 0.6) is 11.5 Å². The second kappa shape index (κ2) is 3.98. The Bertz CT molecular complexity index is 386. The van der Waals surface area contributed by atoms with Gasteiger partial charge in [0, 0.05) is 0 Å². The molecule has 0 bridgehead atoms. The van der Waals surface area contributed by atoms with E-state index in [4.69, 9.17) is 4.74 Å². The number of hydrogen-bond donors (Lipinski definition) is 1. The zero-order valence-electron chi connectivity index (χ0n) is 8.39. The highest BCUT2D eigenvalue weighted by atomic mass is 79.9. The molecule has 2 nitrogen and oxygen atoms in total. The Labute approximate surface area is 106 Å². The van der Waals surface area contributed by atoms with Gasteiger partial charge in [-0.05, 0) is 47.3 Å². The van der Waals surface area contributed by atoms with E-state index >= 15 is 0 Å². The summed E-state index contributed by atoms with van der Waals surface area (Å²) in [6.45, 7) is 0. The fourth-order valence-corrected chi connectivity index (χ4v) is 3.35. The van der Waals surface area contributed by atoms with Crippen LogP contribution in [-0.2, 0) is 4.32 Å². The zero-order chi connectivity index (χ0) is 11.1. The van der Waals surface area contributed by atoms with Crippen LogP contribution in [0.15, 0.2) is 16.6 Å². The Kier molecular flexibility index (Phi) is 2.99. The molecule has 15 heavy (non-hydrogen) atoms. The van der Waals surface area contributed by atoms with Gasteiger partial charge in [0.2, 0.25) is 0 Å². The quantitative estimate of drug-likeness (QED) is 0.829. The van der Waals surface area contributed by atoms with E-state index in [1.165, 1.54) is 6.42 Å². The van der Waals surface area contributed by atoms with E-state index in [2.05, 4.69) is 31.9 Å². The standard InChI is InChI=1S/C11H12Br2O2/c1-15-10-7(12)3-4-8(14)9(10)11(13)5-2-6-11/h3-4,14H,2,5-6H2,1H3. The first-order valence-electron chi connectivity index (χ1n) is 4.83. The average Bonchev–Trinajstić information content (AvgIpc) is 2.17. The van der Waals surface area contributed by atoms with Crippen molar-refractivity contribution in [2.45, 2.75) is 23.6 Å². The van der Waals surface area contributed by atoms with E-state index in [0.717, 1.165) is 28.6 Å². The van der Waals surface area contributed by atoms with Crippen molar-refractivity contribution in [1.82, 2.24) is 0 Å². The molecule has 0 spiro atoms. The van der Waals surface area contributed by atoms with Gasteiger partial charge in [0.05, 0.1) is 21.5 Å². The zero-order valence-corrected chi connectivity index (χ0v) is 11.6. The molecule has 0 radical (unpaired) electrons. The first-order valence-corrected chi connectivity index (χ1v) is 6.42. The number of ether oxygens (including phenoxy) is 1. The van der Waals surface area contributed by atoms with Crippen LogP contribution in [0.2, 0.25) is 0 Å². The molecule has 1 fully saturated rings. The van der Waals surface area contributed by atoms with Gasteiger partial charge in [-0.1, -0.05) is 15.9 Å². The second-order valence-electron chi connectivity index (χ2n) is 3.79. The van der Waals surface area contributed by atoms with Crippen molar-refractivity contribution in [1.29, 1.82) is 0 Å². The van der Waals surface area contributed by atoms with Gasteiger partial charge in [-0.25, -0.2) is 0 Å². The molecule has 2 rings (SSSR count). The van der Waals surface area contributed by atoms with Crippen LogP contribution < -0.4 is 4.74 Å². The fourth-order valence-electron chi connectivity index (χ4n) is 1.92. The molecular weight excluding hydrogens is 324 g/mol. The lowest BCUT2D eigenvalue weighted by molar-refractivity contribution is 0.335. The second-order valence-corrected chi connectivity index (χ2v) is 6.17. The van der Waals surface area contributed by atoms with Crippen LogP contribution in [0.3, 0.4) is 0 Å². The van der Waals surface area contributed by atoms with Crippen molar-refractivity contribution in [2.24, 2.45) is 0 Å². The number of phenols is 1. The summed E-state index contributed by atoms with van der Waals surface area (Å²) in [7, 11) is 1.62. The van der Waals surface area contributed by atoms with Gasteiger partial charge in [0.15, 0.2) is 0 Å². The van der Waals surface area contributed by atoms with Gasteiger partial charge in [-0.2, -0.15) is 0 Å². The number of methoxy groups -OCH3 is 1. The van der Waals surface area contributed by atoms with Crippen LogP contribution in [0, 0.1) is 0 Å². The highest BCUT2D eigenvalue weighted by Crippen LogP contribution is 2.56. The summed E-state index contributed by atoms with van der Waals surface area (Å²) in [4.78, 5) is 0. The van der Waals surface area contributed by atoms with Gasteiger partial charge in [-0.15, -0.1) is 0 Å². The van der Waals surface area contributed by atoms with Crippen LogP contribution in [0.1, 0.15) is 24.8 Å². The molecule has 1 N–H and O–H groups in total. The van der Waals surface area contributed by atoms with E-state index in [1.807, 2.05) is 0 Å². The van der Waals surface area contributed by atoms with Gasteiger partial charge in [0.1, 0.15) is 11.5 Å². The maximum Gasteiger partial charge on any atom is 0.141 e.